The Bertz CT molecular complexity index is 1160. The van der Waals surface area contributed by atoms with Crippen molar-refractivity contribution in [1.29, 1.82) is 0 Å². The molecule has 0 aliphatic carbocycles. The van der Waals surface area contributed by atoms with Crippen LogP contribution in [0.25, 0.3) is 0 Å². The minimum atomic E-state index is -0.243. The standard InChI is InChI=1S/C27H24N2O3/c28-23-16-24(29-27(30)22-14-8-3-9-15-22)26(32-19-21-12-6-2-7-13-21)17-25(23)31-18-20-10-4-1-5-11-20/h1-17H,18-19,28H2,(H,29,30). The van der Waals surface area contributed by atoms with E-state index in [1.54, 1.807) is 24.3 Å². The summed E-state index contributed by atoms with van der Waals surface area (Å²) in [7, 11) is 0. The summed E-state index contributed by atoms with van der Waals surface area (Å²) in [6, 6.07) is 32.0. The van der Waals surface area contributed by atoms with Gasteiger partial charge in [-0.3, -0.25) is 4.79 Å². The molecule has 0 bridgehead atoms. The first-order chi connectivity index (χ1) is 15.7. The highest BCUT2D eigenvalue weighted by molar-refractivity contribution is 6.05. The molecule has 32 heavy (non-hydrogen) atoms. The maximum atomic E-state index is 12.7. The van der Waals surface area contributed by atoms with E-state index in [9.17, 15) is 4.79 Å². The molecule has 0 aliphatic heterocycles. The number of rotatable bonds is 8. The number of carbonyl (C=O) groups excluding carboxylic acids is 1. The largest absolute Gasteiger partial charge is 0.487 e. The number of benzene rings is 4. The molecule has 5 nitrogen and oxygen atoms in total. The Labute approximate surface area is 187 Å². The minimum Gasteiger partial charge on any atom is -0.487 e. The van der Waals surface area contributed by atoms with Crippen molar-refractivity contribution in [2.75, 3.05) is 11.1 Å². The molecule has 5 heteroatoms. The lowest BCUT2D eigenvalue weighted by Gasteiger charge is -2.17. The fraction of sp³-hybridized carbons (Fsp3) is 0.0741. The number of nitrogens with two attached hydrogens (primary N) is 1. The van der Waals surface area contributed by atoms with Crippen molar-refractivity contribution in [3.63, 3.8) is 0 Å². The first-order valence-electron chi connectivity index (χ1n) is 10.3. The van der Waals surface area contributed by atoms with Gasteiger partial charge in [0.05, 0.1) is 11.4 Å². The van der Waals surface area contributed by atoms with Gasteiger partial charge in [-0.15, -0.1) is 0 Å². The predicted octanol–water partition coefficient (Wildman–Crippen LogP) is 5.68. The maximum Gasteiger partial charge on any atom is 0.255 e. The molecule has 0 atom stereocenters. The minimum absolute atomic E-state index is 0.243. The van der Waals surface area contributed by atoms with Gasteiger partial charge in [-0.2, -0.15) is 0 Å². The van der Waals surface area contributed by atoms with Crippen LogP contribution in [0.5, 0.6) is 11.5 Å². The van der Waals surface area contributed by atoms with Crippen molar-refractivity contribution < 1.29 is 14.3 Å². The van der Waals surface area contributed by atoms with Crippen LogP contribution in [0.2, 0.25) is 0 Å². The lowest BCUT2D eigenvalue weighted by Crippen LogP contribution is -2.13. The van der Waals surface area contributed by atoms with Crippen LogP contribution in [0, 0.1) is 0 Å². The number of hydrogen-bond donors (Lipinski definition) is 2. The summed E-state index contributed by atoms with van der Waals surface area (Å²) < 4.78 is 12.0. The molecule has 0 heterocycles. The number of amides is 1. The quantitative estimate of drug-likeness (QED) is 0.357. The maximum absolute atomic E-state index is 12.7. The van der Waals surface area contributed by atoms with Crippen LogP contribution in [-0.4, -0.2) is 5.91 Å². The Morgan fingerprint density at radius 3 is 1.75 bits per heavy atom. The third-order valence-electron chi connectivity index (χ3n) is 4.87. The summed E-state index contributed by atoms with van der Waals surface area (Å²) in [5.74, 6) is 0.734. The van der Waals surface area contributed by atoms with E-state index in [2.05, 4.69) is 5.32 Å². The highest BCUT2D eigenvalue weighted by Gasteiger charge is 2.15. The molecule has 3 N–H and O–H groups in total. The van der Waals surface area contributed by atoms with E-state index in [0.29, 0.717) is 41.7 Å². The molecule has 0 radical (unpaired) electrons. The van der Waals surface area contributed by atoms with Crippen LogP contribution < -0.4 is 20.5 Å². The Kier molecular flexibility index (Phi) is 6.68. The zero-order valence-corrected chi connectivity index (χ0v) is 17.5. The SMILES string of the molecule is Nc1cc(NC(=O)c2ccccc2)c(OCc2ccccc2)cc1OCc1ccccc1. The molecular weight excluding hydrogens is 400 g/mol. The van der Waals surface area contributed by atoms with Gasteiger partial charge in [0.2, 0.25) is 0 Å². The van der Waals surface area contributed by atoms with Crippen LogP contribution in [0.4, 0.5) is 11.4 Å². The van der Waals surface area contributed by atoms with Gasteiger partial charge >= 0.3 is 0 Å². The summed E-state index contributed by atoms with van der Waals surface area (Å²) in [5.41, 5.74) is 9.73. The topological polar surface area (TPSA) is 73.6 Å². The molecule has 4 aromatic rings. The van der Waals surface area contributed by atoms with E-state index in [4.69, 9.17) is 15.2 Å². The second-order valence-electron chi connectivity index (χ2n) is 7.25. The molecule has 0 saturated carbocycles. The summed E-state index contributed by atoms with van der Waals surface area (Å²) in [6.07, 6.45) is 0. The van der Waals surface area contributed by atoms with E-state index in [1.165, 1.54) is 0 Å². The molecular formula is C27H24N2O3. The van der Waals surface area contributed by atoms with Crippen molar-refractivity contribution in [2.45, 2.75) is 13.2 Å². The molecule has 4 aromatic carbocycles. The van der Waals surface area contributed by atoms with Gasteiger partial charge in [0.15, 0.2) is 0 Å². The number of hydrogen-bond acceptors (Lipinski definition) is 4. The van der Waals surface area contributed by atoms with Gasteiger partial charge in [-0.05, 0) is 29.3 Å². The molecule has 0 aliphatic rings. The molecule has 0 unspecified atom stereocenters. The Hall–Kier alpha value is -4.25. The zero-order chi connectivity index (χ0) is 22.2. The smallest absolute Gasteiger partial charge is 0.255 e. The van der Waals surface area contributed by atoms with E-state index < -0.39 is 0 Å². The fourth-order valence-electron chi connectivity index (χ4n) is 3.17. The van der Waals surface area contributed by atoms with Crippen molar-refractivity contribution in [3.8, 4) is 11.5 Å². The van der Waals surface area contributed by atoms with Gasteiger partial charge in [0, 0.05) is 11.6 Å². The Morgan fingerprint density at radius 1 is 0.688 bits per heavy atom. The van der Waals surface area contributed by atoms with Crippen molar-refractivity contribution in [3.05, 3.63) is 120 Å². The highest BCUT2D eigenvalue weighted by atomic mass is 16.5. The molecule has 0 aromatic heterocycles. The zero-order valence-electron chi connectivity index (χ0n) is 17.5. The predicted molar refractivity (Wildman–Crippen MR) is 127 cm³/mol. The van der Waals surface area contributed by atoms with E-state index in [-0.39, 0.29) is 5.91 Å². The average Bonchev–Trinajstić information content (AvgIpc) is 2.84. The molecule has 4 rings (SSSR count). The second-order valence-corrected chi connectivity index (χ2v) is 7.25. The Morgan fingerprint density at radius 2 is 1.19 bits per heavy atom. The summed E-state index contributed by atoms with van der Waals surface area (Å²) >= 11 is 0. The summed E-state index contributed by atoms with van der Waals surface area (Å²) in [5, 5.41) is 2.91. The van der Waals surface area contributed by atoms with Gasteiger partial charge < -0.3 is 20.5 Å². The van der Waals surface area contributed by atoms with Crippen LogP contribution in [0.15, 0.2) is 103 Å². The van der Waals surface area contributed by atoms with Crippen molar-refractivity contribution in [1.82, 2.24) is 0 Å². The molecule has 0 fully saturated rings. The molecule has 1 amide bonds. The van der Waals surface area contributed by atoms with Crippen LogP contribution in [0.1, 0.15) is 21.5 Å². The van der Waals surface area contributed by atoms with Crippen molar-refractivity contribution >= 4 is 17.3 Å². The van der Waals surface area contributed by atoms with Gasteiger partial charge in [0.25, 0.3) is 5.91 Å². The van der Waals surface area contributed by atoms with Crippen LogP contribution in [-0.2, 0) is 13.2 Å². The molecule has 160 valence electrons. The lowest BCUT2D eigenvalue weighted by atomic mass is 10.2. The Balaban J connectivity index is 1.58. The van der Waals surface area contributed by atoms with Gasteiger partial charge in [0.1, 0.15) is 24.7 Å². The van der Waals surface area contributed by atoms with Crippen LogP contribution in [0.3, 0.4) is 0 Å². The third-order valence-corrected chi connectivity index (χ3v) is 4.87. The van der Waals surface area contributed by atoms with Gasteiger partial charge in [-0.25, -0.2) is 0 Å². The summed E-state index contributed by atoms with van der Waals surface area (Å²) in [4.78, 5) is 12.7. The van der Waals surface area contributed by atoms with E-state index in [0.717, 1.165) is 11.1 Å². The van der Waals surface area contributed by atoms with E-state index >= 15 is 0 Å². The normalized spacial score (nSPS) is 10.4. The third kappa shape index (κ3) is 5.46. The second kappa shape index (κ2) is 10.2. The average molecular weight is 425 g/mol. The van der Waals surface area contributed by atoms with E-state index in [1.807, 2.05) is 78.9 Å². The first kappa shape index (κ1) is 21.0. The fourth-order valence-corrected chi connectivity index (χ4v) is 3.17. The first-order valence-corrected chi connectivity index (χ1v) is 10.3. The number of ether oxygens (including phenoxy) is 2. The van der Waals surface area contributed by atoms with Crippen molar-refractivity contribution in [2.24, 2.45) is 0 Å². The number of nitrogens with one attached hydrogen (secondary N) is 1. The number of nitrogen functional groups attached to an aromatic ring is 1. The highest BCUT2D eigenvalue weighted by Crippen LogP contribution is 2.36. The number of carbonyl (C=O) groups is 1. The van der Waals surface area contributed by atoms with Crippen LogP contribution >= 0.6 is 0 Å². The number of anilines is 2. The summed E-state index contributed by atoms with van der Waals surface area (Å²) in [6.45, 7) is 0.718. The molecule has 0 spiro atoms. The molecule has 0 saturated heterocycles. The monoisotopic (exact) mass is 424 g/mol. The van der Waals surface area contributed by atoms with Gasteiger partial charge in [-0.1, -0.05) is 78.9 Å². The lowest BCUT2D eigenvalue weighted by molar-refractivity contribution is 0.102.